The van der Waals surface area contributed by atoms with Gasteiger partial charge in [0, 0.05) is 25.8 Å². The predicted molar refractivity (Wildman–Crippen MR) is 104 cm³/mol. The molecule has 0 saturated carbocycles. The summed E-state index contributed by atoms with van der Waals surface area (Å²) in [6.45, 7) is 7.89. The number of anilines is 2. The SMILES string of the molecule is COCCN(C(=O)Cc1c(C)noc1C)c1c(N)n(CC(C)C)c(=O)[nH]c1=O. The van der Waals surface area contributed by atoms with Crippen molar-refractivity contribution in [2.75, 3.05) is 30.9 Å². The average molecular weight is 393 g/mol. The van der Waals surface area contributed by atoms with Crippen molar-refractivity contribution < 1.29 is 14.1 Å². The van der Waals surface area contributed by atoms with E-state index < -0.39 is 11.2 Å². The Morgan fingerprint density at radius 1 is 1.36 bits per heavy atom. The summed E-state index contributed by atoms with van der Waals surface area (Å²) in [5.74, 6) is 0.220. The molecule has 28 heavy (non-hydrogen) atoms. The first-order valence-electron chi connectivity index (χ1n) is 9.01. The van der Waals surface area contributed by atoms with Crippen molar-refractivity contribution in [3.05, 3.63) is 37.9 Å². The highest BCUT2D eigenvalue weighted by Gasteiger charge is 2.26. The molecule has 0 atom stereocenters. The van der Waals surface area contributed by atoms with E-state index >= 15 is 0 Å². The van der Waals surface area contributed by atoms with E-state index in [0.29, 0.717) is 23.6 Å². The number of aromatic amines is 1. The molecule has 154 valence electrons. The molecule has 10 heteroatoms. The van der Waals surface area contributed by atoms with Crippen LogP contribution in [-0.2, 0) is 22.5 Å². The first kappa shape index (κ1) is 21.4. The molecule has 0 fully saturated rings. The van der Waals surface area contributed by atoms with Gasteiger partial charge in [0.25, 0.3) is 5.56 Å². The lowest BCUT2D eigenvalue weighted by molar-refractivity contribution is -0.118. The summed E-state index contributed by atoms with van der Waals surface area (Å²) in [4.78, 5) is 41.3. The fourth-order valence-electron chi connectivity index (χ4n) is 2.93. The van der Waals surface area contributed by atoms with Gasteiger partial charge in [-0.15, -0.1) is 0 Å². The summed E-state index contributed by atoms with van der Waals surface area (Å²) < 4.78 is 11.5. The molecule has 3 N–H and O–H groups in total. The number of methoxy groups -OCH3 is 1. The molecule has 0 saturated heterocycles. The zero-order valence-corrected chi connectivity index (χ0v) is 16.9. The fraction of sp³-hybridized carbons (Fsp3) is 0.556. The second kappa shape index (κ2) is 8.87. The molecule has 0 aliphatic carbocycles. The number of nitrogens with zero attached hydrogens (tertiary/aromatic N) is 3. The smallest absolute Gasteiger partial charge is 0.330 e. The van der Waals surface area contributed by atoms with Gasteiger partial charge in [-0.1, -0.05) is 19.0 Å². The van der Waals surface area contributed by atoms with Gasteiger partial charge in [-0.2, -0.15) is 0 Å². The maximum atomic E-state index is 13.0. The van der Waals surface area contributed by atoms with Gasteiger partial charge in [-0.25, -0.2) is 4.79 Å². The van der Waals surface area contributed by atoms with Crippen LogP contribution >= 0.6 is 0 Å². The van der Waals surface area contributed by atoms with Crippen molar-refractivity contribution in [2.45, 2.75) is 40.7 Å². The highest BCUT2D eigenvalue weighted by molar-refractivity contribution is 5.97. The molecular formula is C18H27N5O5. The number of nitrogens with two attached hydrogens (primary N) is 1. The van der Waals surface area contributed by atoms with E-state index in [-0.39, 0.29) is 42.9 Å². The summed E-state index contributed by atoms with van der Waals surface area (Å²) in [5, 5.41) is 3.85. The van der Waals surface area contributed by atoms with Crippen LogP contribution < -0.4 is 21.9 Å². The Labute approximate surface area is 162 Å². The number of hydrogen-bond acceptors (Lipinski definition) is 7. The van der Waals surface area contributed by atoms with E-state index in [9.17, 15) is 14.4 Å². The van der Waals surface area contributed by atoms with Gasteiger partial charge >= 0.3 is 5.69 Å². The molecule has 0 aliphatic heterocycles. The second-order valence-corrected chi connectivity index (χ2v) is 7.02. The molecule has 10 nitrogen and oxygen atoms in total. The standard InChI is InChI=1S/C18H27N5O5/c1-10(2)9-23-16(19)15(17(25)20-18(23)26)22(6-7-27-5)14(24)8-13-11(3)21-28-12(13)4/h10H,6-9,19H2,1-5H3,(H,20,25,26). The summed E-state index contributed by atoms with van der Waals surface area (Å²) in [6, 6.07) is 0. The maximum absolute atomic E-state index is 13.0. The van der Waals surface area contributed by atoms with Crippen LogP contribution in [0.5, 0.6) is 0 Å². The number of nitrogen functional groups attached to an aromatic ring is 1. The Morgan fingerprint density at radius 3 is 2.57 bits per heavy atom. The van der Waals surface area contributed by atoms with Crippen LogP contribution in [0.4, 0.5) is 11.5 Å². The number of amides is 1. The number of rotatable bonds is 8. The van der Waals surface area contributed by atoms with E-state index in [0.717, 1.165) is 0 Å². The molecule has 0 unspecified atom stereocenters. The van der Waals surface area contributed by atoms with Crippen LogP contribution in [0.2, 0.25) is 0 Å². The number of H-pyrrole nitrogens is 1. The molecule has 2 aromatic rings. The largest absolute Gasteiger partial charge is 0.383 e. The topological polar surface area (TPSA) is 136 Å². The minimum atomic E-state index is -0.717. The number of ether oxygens (including phenoxy) is 1. The summed E-state index contributed by atoms with van der Waals surface area (Å²) >= 11 is 0. The molecule has 0 radical (unpaired) electrons. The third kappa shape index (κ3) is 4.50. The molecule has 2 aromatic heterocycles. The number of aromatic nitrogens is 3. The van der Waals surface area contributed by atoms with Gasteiger partial charge in [0.2, 0.25) is 5.91 Å². The first-order valence-corrected chi connectivity index (χ1v) is 9.01. The number of nitrogens with one attached hydrogen (secondary N) is 1. The van der Waals surface area contributed by atoms with Crippen LogP contribution in [0.1, 0.15) is 30.9 Å². The molecule has 2 heterocycles. The molecule has 2 rings (SSSR count). The molecule has 1 amide bonds. The van der Waals surface area contributed by atoms with Gasteiger partial charge in [-0.3, -0.25) is 19.1 Å². The van der Waals surface area contributed by atoms with Crippen molar-refractivity contribution in [1.82, 2.24) is 14.7 Å². The first-order chi connectivity index (χ1) is 13.2. The van der Waals surface area contributed by atoms with Gasteiger partial charge < -0.3 is 19.9 Å². The Kier molecular flexibility index (Phi) is 6.79. The Bertz CT molecular complexity index is 937. The van der Waals surface area contributed by atoms with Crippen LogP contribution in [0.25, 0.3) is 0 Å². The van der Waals surface area contributed by atoms with Crippen molar-refractivity contribution in [1.29, 1.82) is 0 Å². The Balaban J connectivity index is 2.52. The zero-order valence-electron chi connectivity index (χ0n) is 16.9. The number of carbonyl (C=O) groups is 1. The average Bonchev–Trinajstić information content (AvgIpc) is 2.93. The van der Waals surface area contributed by atoms with Crippen molar-refractivity contribution in [3.8, 4) is 0 Å². The molecule has 0 bridgehead atoms. The number of carbonyl (C=O) groups excluding carboxylic acids is 1. The summed E-state index contributed by atoms with van der Waals surface area (Å²) in [7, 11) is 1.49. The minimum absolute atomic E-state index is 0.0208. The predicted octanol–water partition coefficient (Wildman–Crippen LogP) is 0.602. The van der Waals surface area contributed by atoms with Crippen molar-refractivity contribution >= 4 is 17.4 Å². The highest BCUT2D eigenvalue weighted by Crippen LogP contribution is 2.20. The zero-order chi connectivity index (χ0) is 21.0. The molecular weight excluding hydrogens is 366 g/mol. The minimum Gasteiger partial charge on any atom is -0.383 e. The van der Waals surface area contributed by atoms with Gasteiger partial charge in [0.15, 0.2) is 5.69 Å². The quantitative estimate of drug-likeness (QED) is 0.670. The van der Waals surface area contributed by atoms with E-state index in [1.165, 1.54) is 16.6 Å². The fourth-order valence-corrected chi connectivity index (χ4v) is 2.93. The van der Waals surface area contributed by atoms with Gasteiger partial charge in [0.05, 0.1) is 18.7 Å². The molecule has 0 spiro atoms. The van der Waals surface area contributed by atoms with Crippen LogP contribution in [0.15, 0.2) is 14.1 Å². The normalized spacial score (nSPS) is 11.2. The lowest BCUT2D eigenvalue weighted by Crippen LogP contribution is -2.43. The summed E-state index contributed by atoms with van der Waals surface area (Å²) in [5.41, 5.74) is 6.02. The van der Waals surface area contributed by atoms with E-state index in [1.807, 2.05) is 13.8 Å². The second-order valence-electron chi connectivity index (χ2n) is 7.02. The molecule has 0 aliphatic rings. The van der Waals surface area contributed by atoms with Crippen LogP contribution in [-0.4, -0.2) is 40.9 Å². The number of aryl methyl sites for hydroxylation is 2. The van der Waals surface area contributed by atoms with E-state index in [4.69, 9.17) is 15.0 Å². The van der Waals surface area contributed by atoms with Crippen LogP contribution in [0, 0.1) is 19.8 Å². The van der Waals surface area contributed by atoms with Crippen molar-refractivity contribution in [3.63, 3.8) is 0 Å². The third-order valence-corrected chi connectivity index (χ3v) is 4.36. The van der Waals surface area contributed by atoms with Crippen molar-refractivity contribution in [2.24, 2.45) is 5.92 Å². The third-order valence-electron chi connectivity index (χ3n) is 4.36. The lowest BCUT2D eigenvalue weighted by Gasteiger charge is -2.24. The Morgan fingerprint density at radius 2 is 2.04 bits per heavy atom. The Hall–Kier alpha value is -2.88. The monoisotopic (exact) mass is 393 g/mol. The van der Waals surface area contributed by atoms with Crippen LogP contribution in [0.3, 0.4) is 0 Å². The summed E-state index contributed by atoms with van der Waals surface area (Å²) in [6.07, 6.45) is -0.0208. The van der Waals surface area contributed by atoms with E-state index in [1.54, 1.807) is 13.8 Å². The number of hydrogen-bond donors (Lipinski definition) is 2. The lowest BCUT2D eigenvalue weighted by atomic mass is 10.1. The maximum Gasteiger partial charge on any atom is 0.330 e. The van der Waals surface area contributed by atoms with Gasteiger partial charge in [-0.05, 0) is 19.8 Å². The molecule has 0 aromatic carbocycles. The van der Waals surface area contributed by atoms with Gasteiger partial charge in [0.1, 0.15) is 11.6 Å². The highest BCUT2D eigenvalue weighted by atomic mass is 16.5. The van der Waals surface area contributed by atoms with E-state index in [2.05, 4.69) is 10.1 Å².